The van der Waals surface area contributed by atoms with E-state index in [-0.39, 0.29) is 0 Å². The van der Waals surface area contributed by atoms with Crippen LogP contribution in [0, 0.1) is 11.8 Å². The molecule has 2 atom stereocenters. The molecule has 2 unspecified atom stereocenters. The van der Waals surface area contributed by atoms with Crippen LogP contribution in [-0.2, 0) is 4.79 Å². The molecule has 1 heterocycles. The van der Waals surface area contributed by atoms with Crippen LogP contribution in [0.25, 0.3) is 0 Å². The fourth-order valence-electron chi connectivity index (χ4n) is 3.77. The average Bonchev–Trinajstić information content (AvgIpc) is 2.93. The van der Waals surface area contributed by atoms with Crippen LogP contribution in [0.15, 0.2) is 0 Å². The standard InChI is InChI=1S/C16H31N3O/c1-3-18(15-6-4-5-14(15)11-17)12-16(20)19-9-7-13(2)8-10-19/h13-15H,3-12,17H2,1-2H3. The van der Waals surface area contributed by atoms with Gasteiger partial charge in [0, 0.05) is 19.1 Å². The molecule has 116 valence electrons. The average molecular weight is 281 g/mol. The van der Waals surface area contributed by atoms with E-state index in [1.165, 1.54) is 19.3 Å². The monoisotopic (exact) mass is 281 g/mol. The normalized spacial score (nSPS) is 28.3. The molecular weight excluding hydrogens is 250 g/mol. The molecule has 0 aromatic rings. The Bertz CT molecular complexity index is 313. The number of rotatable bonds is 5. The van der Waals surface area contributed by atoms with Gasteiger partial charge < -0.3 is 10.6 Å². The van der Waals surface area contributed by atoms with Crippen LogP contribution in [0.4, 0.5) is 0 Å². The molecular formula is C16H31N3O. The first-order valence-corrected chi connectivity index (χ1v) is 8.37. The van der Waals surface area contributed by atoms with Gasteiger partial charge in [-0.25, -0.2) is 0 Å². The van der Waals surface area contributed by atoms with Crippen molar-refractivity contribution in [1.29, 1.82) is 0 Å². The number of carbonyl (C=O) groups is 1. The number of hydrogen-bond acceptors (Lipinski definition) is 3. The van der Waals surface area contributed by atoms with Crippen molar-refractivity contribution in [3.63, 3.8) is 0 Å². The van der Waals surface area contributed by atoms with Gasteiger partial charge in [0.2, 0.25) is 5.91 Å². The minimum absolute atomic E-state index is 0.321. The summed E-state index contributed by atoms with van der Waals surface area (Å²) >= 11 is 0. The molecule has 2 rings (SSSR count). The third-order valence-electron chi connectivity index (χ3n) is 5.27. The fourth-order valence-corrected chi connectivity index (χ4v) is 3.77. The van der Waals surface area contributed by atoms with E-state index in [2.05, 4.69) is 23.6 Å². The third kappa shape index (κ3) is 3.73. The van der Waals surface area contributed by atoms with Gasteiger partial charge in [0.25, 0.3) is 0 Å². The molecule has 2 fully saturated rings. The lowest BCUT2D eigenvalue weighted by molar-refractivity contribution is -0.134. The van der Waals surface area contributed by atoms with Gasteiger partial charge in [-0.1, -0.05) is 20.3 Å². The second-order valence-electron chi connectivity index (χ2n) is 6.62. The van der Waals surface area contributed by atoms with Gasteiger partial charge in [-0.05, 0) is 50.6 Å². The summed E-state index contributed by atoms with van der Waals surface area (Å²) < 4.78 is 0. The molecule has 0 spiro atoms. The summed E-state index contributed by atoms with van der Waals surface area (Å²) in [5.41, 5.74) is 5.88. The number of nitrogens with two attached hydrogens (primary N) is 1. The maximum atomic E-state index is 12.5. The van der Waals surface area contributed by atoms with E-state index in [1.54, 1.807) is 0 Å². The lowest BCUT2D eigenvalue weighted by atomic mass is 9.99. The molecule has 1 aliphatic carbocycles. The van der Waals surface area contributed by atoms with Crippen LogP contribution in [0.1, 0.15) is 46.0 Å². The molecule has 20 heavy (non-hydrogen) atoms. The smallest absolute Gasteiger partial charge is 0.236 e. The summed E-state index contributed by atoms with van der Waals surface area (Å²) in [5.74, 6) is 1.68. The number of likely N-dealkylation sites (tertiary alicyclic amines) is 1. The molecule has 2 N–H and O–H groups in total. The molecule has 4 heteroatoms. The Kier molecular flexibility index (Phi) is 5.85. The highest BCUT2D eigenvalue weighted by Crippen LogP contribution is 2.29. The van der Waals surface area contributed by atoms with Crippen molar-refractivity contribution < 1.29 is 4.79 Å². The molecule has 0 radical (unpaired) electrons. The number of hydrogen-bond donors (Lipinski definition) is 1. The van der Waals surface area contributed by atoms with E-state index < -0.39 is 0 Å². The summed E-state index contributed by atoms with van der Waals surface area (Å²) in [5, 5.41) is 0. The number of piperidine rings is 1. The molecule has 2 aliphatic rings. The zero-order valence-electron chi connectivity index (χ0n) is 13.2. The number of amides is 1. The van der Waals surface area contributed by atoms with Crippen molar-refractivity contribution in [2.24, 2.45) is 17.6 Å². The Morgan fingerprint density at radius 1 is 1.25 bits per heavy atom. The molecule has 1 saturated carbocycles. The molecule has 1 aliphatic heterocycles. The summed E-state index contributed by atoms with van der Waals surface area (Å²) in [6.45, 7) is 8.65. The molecule has 1 amide bonds. The predicted octanol–water partition coefficient (Wildman–Crippen LogP) is 1.69. The maximum Gasteiger partial charge on any atom is 0.236 e. The topological polar surface area (TPSA) is 49.6 Å². The van der Waals surface area contributed by atoms with E-state index >= 15 is 0 Å². The van der Waals surface area contributed by atoms with Gasteiger partial charge in [0.05, 0.1) is 6.54 Å². The largest absolute Gasteiger partial charge is 0.342 e. The van der Waals surface area contributed by atoms with E-state index in [0.717, 1.165) is 44.9 Å². The summed E-state index contributed by atoms with van der Waals surface area (Å²) in [6, 6.07) is 0.526. The van der Waals surface area contributed by atoms with Crippen LogP contribution in [0.2, 0.25) is 0 Å². The first-order chi connectivity index (χ1) is 9.65. The van der Waals surface area contributed by atoms with Gasteiger partial charge >= 0.3 is 0 Å². The van der Waals surface area contributed by atoms with Crippen LogP contribution in [0.3, 0.4) is 0 Å². The molecule has 0 aromatic carbocycles. The van der Waals surface area contributed by atoms with Gasteiger partial charge in [-0.2, -0.15) is 0 Å². The van der Waals surface area contributed by atoms with E-state index in [1.807, 2.05) is 0 Å². The van der Waals surface area contributed by atoms with Crippen LogP contribution in [0.5, 0.6) is 0 Å². The quantitative estimate of drug-likeness (QED) is 0.834. The Morgan fingerprint density at radius 2 is 1.95 bits per heavy atom. The zero-order valence-corrected chi connectivity index (χ0v) is 13.2. The predicted molar refractivity (Wildman–Crippen MR) is 82.4 cm³/mol. The zero-order chi connectivity index (χ0) is 14.5. The second kappa shape index (κ2) is 7.41. The first kappa shape index (κ1) is 15.8. The fraction of sp³-hybridized carbons (Fsp3) is 0.938. The third-order valence-corrected chi connectivity index (χ3v) is 5.27. The van der Waals surface area contributed by atoms with Gasteiger partial charge in [0.1, 0.15) is 0 Å². The highest BCUT2D eigenvalue weighted by atomic mass is 16.2. The van der Waals surface area contributed by atoms with Crippen molar-refractivity contribution in [3.8, 4) is 0 Å². The maximum absolute atomic E-state index is 12.5. The van der Waals surface area contributed by atoms with E-state index in [4.69, 9.17) is 5.73 Å². The lowest BCUT2D eigenvalue weighted by Gasteiger charge is -2.35. The lowest BCUT2D eigenvalue weighted by Crippen LogP contribution is -2.48. The second-order valence-corrected chi connectivity index (χ2v) is 6.62. The number of likely N-dealkylation sites (N-methyl/N-ethyl adjacent to an activating group) is 1. The van der Waals surface area contributed by atoms with Gasteiger partial charge in [0.15, 0.2) is 0 Å². The molecule has 1 saturated heterocycles. The number of nitrogens with zero attached hydrogens (tertiary/aromatic N) is 2. The van der Waals surface area contributed by atoms with E-state index in [9.17, 15) is 4.79 Å². The first-order valence-electron chi connectivity index (χ1n) is 8.37. The highest BCUT2D eigenvalue weighted by molar-refractivity contribution is 5.78. The Hall–Kier alpha value is -0.610. The highest BCUT2D eigenvalue weighted by Gasteiger charge is 2.32. The van der Waals surface area contributed by atoms with Gasteiger partial charge in [-0.3, -0.25) is 9.69 Å². The SMILES string of the molecule is CCN(CC(=O)N1CCC(C)CC1)C1CCCC1CN. The van der Waals surface area contributed by atoms with Crippen molar-refractivity contribution >= 4 is 5.91 Å². The minimum atomic E-state index is 0.321. The molecule has 0 bridgehead atoms. The van der Waals surface area contributed by atoms with Crippen molar-refractivity contribution in [3.05, 3.63) is 0 Å². The van der Waals surface area contributed by atoms with Crippen molar-refractivity contribution in [2.45, 2.75) is 52.0 Å². The van der Waals surface area contributed by atoms with Crippen LogP contribution >= 0.6 is 0 Å². The van der Waals surface area contributed by atoms with Crippen molar-refractivity contribution in [2.75, 3.05) is 32.7 Å². The van der Waals surface area contributed by atoms with Crippen LogP contribution < -0.4 is 5.73 Å². The Morgan fingerprint density at radius 3 is 2.55 bits per heavy atom. The molecule has 0 aromatic heterocycles. The molecule has 4 nitrogen and oxygen atoms in total. The minimum Gasteiger partial charge on any atom is -0.342 e. The Balaban J connectivity index is 1.87. The van der Waals surface area contributed by atoms with Crippen LogP contribution in [-0.4, -0.2) is 54.5 Å². The summed E-state index contributed by atoms with van der Waals surface area (Å²) in [7, 11) is 0. The van der Waals surface area contributed by atoms with Crippen molar-refractivity contribution in [1.82, 2.24) is 9.80 Å². The van der Waals surface area contributed by atoms with E-state index in [0.29, 0.717) is 24.4 Å². The Labute approximate surface area is 123 Å². The number of carbonyl (C=O) groups excluding carboxylic acids is 1. The summed E-state index contributed by atoms with van der Waals surface area (Å²) in [4.78, 5) is 16.9. The van der Waals surface area contributed by atoms with Gasteiger partial charge in [-0.15, -0.1) is 0 Å². The summed E-state index contributed by atoms with van der Waals surface area (Å²) in [6.07, 6.45) is 6.02.